The highest BCUT2D eigenvalue weighted by Gasteiger charge is 2.34. The Balaban J connectivity index is 2.29. The van der Waals surface area contributed by atoms with Gasteiger partial charge in [-0.2, -0.15) is 13.2 Å². The SMILES string of the molecule is CC(C)c1ccc(-c2cnc(C(F)(F)F)[nH]2)cc1. The van der Waals surface area contributed by atoms with Gasteiger partial charge in [0.1, 0.15) is 0 Å². The summed E-state index contributed by atoms with van der Waals surface area (Å²) in [5, 5.41) is 0. The number of alkyl halides is 3. The van der Waals surface area contributed by atoms with Crippen molar-refractivity contribution in [3.8, 4) is 11.3 Å². The molecule has 2 nitrogen and oxygen atoms in total. The number of halogens is 3. The van der Waals surface area contributed by atoms with Gasteiger partial charge >= 0.3 is 6.18 Å². The highest BCUT2D eigenvalue weighted by molar-refractivity contribution is 5.59. The van der Waals surface area contributed by atoms with Gasteiger partial charge in [0.05, 0.1) is 11.9 Å². The van der Waals surface area contributed by atoms with Crippen LogP contribution in [0.5, 0.6) is 0 Å². The second-order valence-electron chi connectivity index (χ2n) is 4.42. The van der Waals surface area contributed by atoms with Gasteiger partial charge in [-0.1, -0.05) is 38.1 Å². The zero-order valence-electron chi connectivity index (χ0n) is 10.0. The summed E-state index contributed by atoms with van der Waals surface area (Å²) in [7, 11) is 0. The maximum Gasteiger partial charge on any atom is 0.449 e. The molecule has 2 aromatic rings. The van der Waals surface area contributed by atoms with Crippen molar-refractivity contribution >= 4 is 0 Å². The zero-order valence-corrected chi connectivity index (χ0v) is 10.0. The monoisotopic (exact) mass is 254 g/mol. The predicted molar refractivity (Wildman–Crippen MR) is 63.1 cm³/mol. The maximum atomic E-state index is 12.4. The van der Waals surface area contributed by atoms with Crippen molar-refractivity contribution < 1.29 is 13.2 Å². The van der Waals surface area contributed by atoms with E-state index in [1.54, 1.807) is 12.1 Å². The fourth-order valence-corrected chi connectivity index (χ4v) is 1.66. The van der Waals surface area contributed by atoms with E-state index in [1.807, 2.05) is 12.1 Å². The van der Waals surface area contributed by atoms with Gasteiger partial charge in [0, 0.05) is 0 Å². The van der Waals surface area contributed by atoms with Crippen LogP contribution in [0.15, 0.2) is 30.5 Å². The minimum atomic E-state index is -4.43. The van der Waals surface area contributed by atoms with Gasteiger partial charge in [0.25, 0.3) is 0 Å². The first-order valence-corrected chi connectivity index (χ1v) is 5.60. The Morgan fingerprint density at radius 3 is 2.17 bits per heavy atom. The van der Waals surface area contributed by atoms with Gasteiger partial charge in [0.2, 0.25) is 5.82 Å². The first-order valence-electron chi connectivity index (χ1n) is 5.60. The lowest BCUT2D eigenvalue weighted by atomic mass is 10.0. The molecule has 0 saturated heterocycles. The van der Waals surface area contributed by atoms with E-state index in [0.717, 1.165) is 5.56 Å². The van der Waals surface area contributed by atoms with Gasteiger partial charge < -0.3 is 4.98 Å². The number of hydrogen-bond donors (Lipinski definition) is 1. The second-order valence-corrected chi connectivity index (χ2v) is 4.42. The molecule has 0 aliphatic rings. The summed E-state index contributed by atoms with van der Waals surface area (Å²) in [6, 6.07) is 7.41. The highest BCUT2D eigenvalue weighted by atomic mass is 19.4. The molecule has 0 saturated carbocycles. The van der Waals surface area contributed by atoms with Crippen molar-refractivity contribution in [1.29, 1.82) is 0 Å². The van der Waals surface area contributed by atoms with Crippen LogP contribution in [0.25, 0.3) is 11.3 Å². The lowest BCUT2D eigenvalue weighted by Crippen LogP contribution is -2.07. The third-order valence-corrected chi connectivity index (χ3v) is 2.73. The lowest BCUT2D eigenvalue weighted by Gasteiger charge is -2.06. The molecule has 1 aromatic carbocycles. The number of aromatic nitrogens is 2. The second kappa shape index (κ2) is 4.48. The summed E-state index contributed by atoms with van der Waals surface area (Å²) in [6.45, 7) is 4.12. The van der Waals surface area contributed by atoms with Crippen LogP contribution in [0.3, 0.4) is 0 Å². The Bertz CT molecular complexity index is 524. The largest absolute Gasteiger partial charge is 0.449 e. The van der Waals surface area contributed by atoms with E-state index in [0.29, 0.717) is 17.2 Å². The highest BCUT2D eigenvalue weighted by Crippen LogP contribution is 2.29. The average molecular weight is 254 g/mol. The Labute approximate surface area is 103 Å². The van der Waals surface area contributed by atoms with Crippen molar-refractivity contribution in [2.75, 3.05) is 0 Å². The average Bonchev–Trinajstić information content (AvgIpc) is 2.78. The van der Waals surface area contributed by atoms with Gasteiger partial charge in [-0.15, -0.1) is 0 Å². The number of imidazole rings is 1. The first-order chi connectivity index (χ1) is 8.38. The molecule has 1 aromatic heterocycles. The van der Waals surface area contributed by atoms with E-state index in [2.05, 4.69) is 23.8 Å². The number of hydrogen-bond acceptors (Lipinski definition) is 1. The standard InChI is InChI=1S/C13H13F3N2/c1-8(2)9-3-5-10(6-4-9)11-7-17-12(18-11)13(14,15)16/h3-8H,1-2H3,(H,17,18). The number of benzene rings is 1. The summed E-state index contributed by atoms with van der Waals surface area (Å²) < 4.78 is 37.2. The van der Waals surface area contributed by atoms with E-state index in [9.17, 15) is 13.2 Å². The Hall–Kier alpha value is -1.78. The van der Waals surface area contributed by atoms with Crippen molar-refractivity contribution in [3.63, 3.8) is 0 Å². The molecule has 0 bridgehead atoms. The van der Waals surface area contributed by atoms with Crippen LogP contribution in [0.4, 0.5) is 13.2 Å². The molecule has 5 heteroatoms. The van der Waals surface area contributed by atoms with Crippen molar-refractivity contribution in [2.24, 2.45) is 0 Å². The number of H-pyrrole nitrogens is 1. The molecular weight excluding hydrogens is 241 g/mol. The fourth-order valence-electron chi connectivity index (χ4n) is 1.66. The fraction of sp³-hybridized carbons (Fsp3) is 0.308. The van der Waals surface area contributed by atoms with Gasteiger partial charge in [-0.25, -0.2) is 4.98 Å². The van der Waals surface area contributed by atoms with E-state index >= 15 is 0 Å². The van der Waals surface area contributed by atoms with Crippen LogP contribution in [0.1, 0.15) is 31.2 Å². The van der Waals surface area contributed by atoms with Gasteiger partial charge in [-0.3, -0.25) is 0 Å². The molecule has 18 heavy (non-hydrogen) atoms. The molecule has 96 valence electrons. The predicted octanol–water partition coefficient (Wildman–Crippen LogP) is 4.22. The molecule has 0 spiro atoms. The summed E-state index contributed by atoms with van der Waals surface area (Å²) in [6.07, 6.45) is -3.23. The molecule has 0 unspecified atom stereocenters. The van der Waals surface area contributed by atoms with Gasteiger partial charge in [0.15, 0.2) is 0 Å². The molecule has 0 amide bonds. The van der Waals surface area contributed by atoms with Crippen molar-refractivity contribution in [2.45, 2.75) is 25.9 Å². The minimum absolute atomic E-state index is 0.373. The van der Waals surface area contributed by atoms with Gasteiger partial charge in [-0.05, 0) is 17.0 Å². The van der Waals surface area contributed by atoms with E-state index in [-0.39, 0.29) is 0 Å². The molecule has 2 rings (SSSR count). The molecule has 0 aliphatic heterocycles. The van der Waals surface area contributed by atoms with Crippen LogP contribution in [0, 0.1) is 0 Å². The number of aromatic amines is 1. The van der Waals surface area contributed by atoms with Crippen LogP contribution in [-0.2, 0) is 6.18 Å². The molecule has 0 radical (unpaired) electrons. The lowest BCUT2D eigenvalue weighted by molar-refractivity contribution is -0.144. The number of rotatable bonds is 2. The molecule has 0 aliphatic carbocycles. The number of nitrogens with zero attached hydrogens (tertiary/aromatic N) is 1. The zero-order chi connectivity index (χ0) is 13.3. The van der Waals surface area contributed by atoms with E-state index in [1.165, 1.54) is 6.20 Å². The Morgan fingerprint density at radius 1 is 1.11 bits per heavy atom. The van der Waals surface area contributed by atoms with Crippen LogP contribution >= 0.6 is 0 Å². The third-order valence-electron chi connectivity index (χ3n) is 2.73. The smallest absolute Gasteiger partial charge is 0.334 e. The van der Waals surface area contributed by atoms with Crippen molar-refractivity contribution in [3.05, 3.63) is 41.9 Å². The summed E-state index contributed by atoms with van der Waals surface area (Å²) in [4.78, 5) is 5.62. The first kappa shape index (κ1) is 12.7. The summed E-state index contributed by atoms with van der Waals surface area (Å²) in [5.41, 5.74) is 2.22. The molecule has 1 N–H and O–H groups in total. The molecule has 0 fully saturated rings. The van der Waals surface area contributed by atoms with Crippen LogP contribution in [0.2, 0.25) is 0 Å². The quantitative estimate of drug-likeness (QED) is 0.854. The summed E-state index contributed by atoms with van der Waals surface area (Å²) in [5.74, 6) is -0.572. The van der Waals surface area contributed by atoms with E-state index in [4.69, 9.17) is 0 Å². The topological polar surface area (TPSA) is 28.7 Å². The minimum Gasteiger partial charge on any atom is -0.334 e. The maximum absolute atomic E-state index is 12.4. The Kier molecular flexibility index (Phi) is 3.15. The van der Waals surface area contributed by atoms with Crippen LogP contribution in [-0.4, -0.2) is 9.97 Å². The van der Waals surface area contributed by atoms with Crippen molar-refractivity contribution in [1.82, 2.24) is 9.97 Å². The van der Waals surface area contributed by atoms with Crippen LogP contribution < -0.4 is 0 Å². The Morgan fingerprint density at radius 2 is 1.72 bits per heavy atom. The number of nitrogens with one attached hydrogen (secondary N) is 1. The molecular formula is C13H13F3N2. The third kappa shape index (κ3) is 2.55. The van der Waals surface area contributed by atoms with E-state index < -0.39 is 12.0 Å². The summed E-state index contributed by atoms with van der Waals surface area (Å²) >= 11 is 0. The molecule has 1 heterocycles. The normalized spacial score (nSPS) is 12.1. The molecule has 0 atom stereocenters.